The van der Waals surface area contributed by atoms with Crippen LogP contribution in [0.3, 0.4) is 0 Å². The molecule has 1 aliphatic heterocycles. The van der Waals surface area contributed by atoms with Gasteiger partial charge in [-0.25, -0.2) is 0 Å². The number of guanidine groups is 1. The molecule has 0 aromatic carbocycles. The topological polar surface area (TPSA) is 44.9 Å². The zero-order valence-corrected chi connectivity index (χ0v) is 11.1. The van der Waals surface area contributed by atoms with E-state index in [2.05, 4.69) is 42.5 Å². The number of nitrogens with two attached hydrogens (primary N) is 1. The van der Waals surface area contributed by atoms with Crippen LogP contribution in [-0.4, -0.2) is 54.5 Å². The molecule has 0 unspecified atom stereocenters. The van der Waals surface area contributed by atoms with Crippen molar-refractivity contribution in [2.24, 2.45) is 16.6 Å². The summed E-state index contributed by atoms with van der Waals surface area (Å²) in [5.41, 5.74) is 5.95. The third-order valence-electron chi connectivity index (χ3n) is 2.71. The van der Waals surface area contributed by atoms with Gasteiger partial charge in [-0.2, -0.15) is 0 Å². The zero-order chi connectivity index (χ0) is 12.1. The van der Waals surface area contributed by atoms with Crippen molar-refractivity contribution in [3.8, 4) is 0 Å². The maximum absolute atomic E-state index is 5.95. The predicted molar refractivity (Wildman–Crippen MR) is 69.6 cm³/mol. The van der Waals surface area contributed by atoms with Crippen molar-refractivity contribution >= 4 is 5.96 Å². The number of aliphatic imine (C=N–C) groups is 1. The number of hydrogen-bond donors (Lipinski definition) is 1. The molecular weight excluding hydrogens is 200 g/mol. The Hall–Kier alpha value is -0.770. The van der Waals surface area contributed by atoms with Gasteiger partial charge in [-0.3, -0.25) is 9.89 Å². The smallest absolute Gasteiger partial charge is 0.191 e. The SMILES string of the molecule is CC(C)CN1CCN(C(N)=NC(C)C)CC1. The van der Waals surface area contributed by atoms with Crippen molar-refractivity contribution in [1.82, 2.24) is 9.80 Å². The van der Waals surface area contributed by atoms with E-state index in [0.29, 0.717) is 5.96 Å². The minimum Gasteiger partial charge on any atom is -0.370 e. The maximum atomic E-state index is 5.95. The molecule has 16 heavy (non-hydrogen) atoms. The molecule has 4 heteroatoms. The molecule has 1 fully saturated rings. The normalized spacial score (nSPS) is 19.9. The Bertz CT molecular complexity index is 227. The van der Waals surface area contributed by atoms with Gasteiger partial charge < -0.3 is 10.6 Å². The molecule has 0 saturated carbocycles. The molecular formula is C12H26N4. The lowest BCUT2D eigenvalue weighted by atomic mass is 10.2. The first-order valence-electron chi connectivity index (χ1n) is 6.29. The van der Waals surface area contributed by atoms with Gasteiger partial charge in [0.2, 0.25) is 0 Å². The zero-order valence-electron chi connectivity index (χ0n) is 11.1. The van der Waals surface area contributed by atoms with E-state index in [-0.39, 0.29) is 6.04 Å². The molecule has 1 heterocycles. The quantitative estimate of drug-likeness (QED) is 0.576. The van der Waals surface area contributed by atoms with Crippen LogP contribution in [0.15, 0.2) is 4.99 Å². The standard InChI is InChI=1S/C12H26N4/c1-10(2)9-15-5-7-16(8-6-15)12(13)14-11(3)4/h10-11H,5-9H2,1-4H3,(H2,13,14). The number of piperazine rings is 1. The largest absolute Gasteiger partial charge is 0.370 e. The van der Waals surface area contributed by atoms with Gasteiger partial charge in [-0.15, -0.1) is 0 Å². The van der Waals surface area contributed by atoms with Crippen LogP contribution in [0.2, 0.25) is 0 Å². The molecule has 0 bridgehead atoms. The van der Waals surface area contributed by atoms with E-state index >= 15 is 0 Å². The van der Waals surface area contributed by atoms with E-state index in [1.807, 2.05) is 0 Å². The Morgan fingerprint density at radius 1 is 1.12 bits per heavy atom. The summed E-state index contributed by atoms with van der Waals surface area (Å²) in [7, 11) is 0. The van der Waals surface area contributed by atoms with Gasteiger partial charge >= 0.3 is 0 Å². The monoisotopic (exact) mass is 226 g/mol. The van der Waals surface area contributed by atoms with E-state index in [9.17, 15) is 0 Å². The van der Waals surface area contributed by atoms with Gasteiger partial charge in [0.05, 0.1) is 0 Å². The van der Waals surface area contributed by atoms with Gasteiger partial charge in [0.25, 0.3) is 0 Å². The minimum absolute atomic E-state index is 0.286. The summed E-state index contributed by atoms with van der Waals surface area (Å²) in [5, 5.41) is 0. The molecule has 0 radical (unpaired) electrons. The summed E-state index contributed by atoms with van der Waals surface area (Å²) in [5.74, 6) is 1.45. The first-order valence-corrected chi connectivity index (χ1v) is 6.29. The Labute approximate surface area is 99.5 Å². The lowest BCUT2D eigenvalue weighted by Gasteiger charge is -2.36. The fraction of sp³-hybridized carbons (Fsp3) is 0.917. The van der Waals surface area contributed by atoms with Crippen LogP contribution < -0.4 is 5.73 Å². The maximum Gasteiger partial charge on any atom is 0.191 e. The summed E-state index contributed by atoms with van der Waals surface area (Å²) in [6, 6.07) is 0.286. The number of hydrogen-bond acceptors (Lipinski definition) is 2. The highest BCUT2D eigenvalue weighted by molar-refractivity contribution is 5.78. The Morgan fingerprint density at radius 2 is 1.69 bits per heavy atom. The Morgan fingerprint density at radius 3 is 2.12 bits per heavy atom. The average Bonchev–Trinajstić information content (AvgIpc) is 2.16. The highest BCUT2D eigenvalue weighted by Crippen LogP contribution is 2.05. The highest BCUT2D eigenvalue weighted by atomic mass is 15.3. The summed E-state index contributed by atoms with van der Waals surface area (Å²) in [4.78, 5) is 9.08. The lowest BCUT2D eigenvalue weighted by Crippen LogP contribution is -2.51. The molecule has 0 spiro atoms. The van der Waals surface area contributed by atoms with Crippen molar-refractivity contribution in [3.63, 3.8) is 0 Å². The molecule has 0 aromatic heterocycles. The second-order valence-corrected chi connectivity index (χ2v) is 5.26. The van der Waals surface area contributed by atoms with E-state index in [0.717, 1.165) is 32.1 Å². The van der Waals surface area contributed by atoms with Gasteiger partial charge in [-0.05, 0) is 19.8 Å². The van der Waals surface area contributed by atoms with Gasteiger partial charge in [-0.1, -0.05) is 13.8 Å². The van der Waals surface area contributed by atoms with Gasteiger partial charge in [0, 0.05) is 38.8 Å². The molecule has 1 rings (SSSR count). The van der Waals surface area contributed by atoms with Gasteiger partial charge in [0.1, 0.15) is 0 Å². The summed E-state index contributed by atoms with van der Waals surface area (Å²) >= 11 is 0. The molecule has 0 aliphatic carbocycles. The molecule has 0 aromatic rings. The van der Waals surface area contributed by atoms with Crippen molar-refractivity contribution < 1.29 is 0 Å². The van der Waals surface area contributed by atoms with Crippen molar-refractivity contribution in [2.45, 2.75) is 33.7 Å². The fourth-order valence-corrected chi connectivity index (χ4v) is 2.02. The second-order valence-electron chi connectivity index (χ2n) is 5.26. The summed E-state index contributed by atoms with van der Waals surface area (Å²) < 4.78 is 0. The third-order valence-corrected chi connectivity index (χ3v) is 2.71. The van der Waals surface area contributed by atoms with Crippen molar-refractivity contribution in [2.75, 3.05) is 32.7 Å². The molecule has 94 valence electrons. The first-order chi connectivity index (χ1) is 7.49. The van der Waals surface area contributed by atoms with Crippen molar-refractivity contribution in [3.05, 3.63) is 0 Å². The van der Waals surface area contributed by atoms with E-state index in [1.54, 1.807) is 0 Å². The minimum atomic E-state index is 0.286. The predicted octanol–water partition coefficient (Wildman–Crippen LogP) is 0.983. The van der Waals surface area contributed by atoms with Crippen LogP contribution >= 0.6 is 0 Å². The van der Waals surface area contributed by atoms with E-state index in [1.165, 1.54) is 6.54 Å². The Balaban J connectivity index is 2.37. The van der Waals surface area contributed by atoms with Crippen LogP contribution in [0.1, 0.15) is 27.7 Å². The van der Waals surface area contributed by atoms with E-state index in [4.69, 9.17) is 5.73 Å². The van der Waals surface area contributed by atoms with Gasteiger partial charge in [0.15, 0.2) is 5.96 Å². The molecule has 1 aliphatic rings. The summed E-state index contributed by atoms with van der Waals surface area (Å²) in [6.45, 7) is 14.1. The number of rotatable bonds is 3. The molecule has 2 N–H and O–H groups in total. The van der Waals surface area contributed by atoms with Crippen LogP contribution in [0.25, 0.3) is 0 Å². The van der Waals surface area contributed by atoms with Crippen LogP contribution in [0.5, 0.6) is 0 Å². The van der Waals surface area contributed by atoms with Crippen molar-refractivity contribution in [1.29, 1.82) is 0 Å². The second kappa shape index (κ2) is 6.09. The van der Waals surface area contributed by atoms with E-state index < -0.39 is 0 Å². The molecule has 0 atom stereocenters. The number of nitrogens with zero attached hydrogens (tertiary/aromatic N) is 3. The third kappa shape index (κ3) is 4.39. The summed E-state index contributed by atoms with van der Waals surface area (Å²) in [6.07, 6.45) is 0. The first kappa shape index (κ1) is 13.3. The molecule has 4 nitrogen and oxygen atoms in total. The average molecular weight is 226 g/mol. The van der Waals surface area contributed by atoms with Crippen LogP contribution in [0, 0.1) is 5.92 Å². The molecule has 1 saturated heterocycles. The fourth-order valence-electron chi connectivity index (χ4n) is 2.02. The van der Waals surface area contributed by atoms with Crippen LogP contribution in [0.4, 0.5) is 0 Å². The van der Waals surface area contributed by atoms with Crippen LogP contribution in [-0.2, 0) is 0 Å². The Kier molecular flexibility index (Phi) is 5.06. The molecule has 0 amide bonds. The highest BCUT2D eigenvalue weighted by Gasteiger charge is 2.18. The lowest BCUT2D eigenvalue weighted by molar-refractivity contribution is 0.165.